The predicted molar refractivity (Wildman–Crippen MR) is 101 cm³/mol. The van der Waals surface area contributed by atoms with Crippen molar-refractivity contribution in [1.82, 2.24) is 9.97 Å². The summed E-state index contributed by atoms with van der Waals surface area (Å²) in [5.74, 6) is 0. The first-order chi connectivity index (χ1) is 11.5. The van der Waals surface area contributed by atoms with Crippen molar-refractivity contribution in [3.8, 4) is 11.3 Å². The summed E-state index contributed by atoms with van der Waals surface area (Å²) in [6, 6.07) is 23.0. The van der Waals surface area contributed by atoms with Crippen molar-refractivity contribution in [3.63, 3.8) is 0 Å². The Hall–Kier alpha value is -2.74. The van der Waals surface area contributed by atoms with Crippen LogP contribution in [-0.4, -0.2) is 9.97 Å². The molecule has 4 aromatic rings. The van der Waals surface area contributed by atoms with Crippen molar-refractivity contribution in [3.05, 3.63) is 72.4 Å². The summed E-state index contributed by atoms with van der Waals surface area (Å²) in [5.41, 5.74) is 5.18. The van der Waals surface area contributed by atoms with E-state index in [1.165, 1.54) is 0 Å². The maximum absolute atomic E-state index is 4.95. The first kappa shape index (κ1) is 14.8. The molecule has 0 bridgehead atoms. The second-order valence-electron chi connectivity index (χ2n) is 7.22. The molecule has 0 amide bonds. The lowest BCUT2D eigenvalue weighted by molar-refractivity contribution is 0.571. The Labute approximate surface area is 142 Å². The number of aromatic nitrogens is 2. The third-order valence-electron chi connectivity index (χ3n) is 4.36. The van der Waals surface area contributed by atoms with Gasteiger partial charge in [-0.05, 0) is 12.1 Å². The standard InChI is InChI=1S/C22H20N2/c1-22(2,3)19-14-12-17-10-9-16-11-13-18(15-7-5-4-6-8-15)23-20(16)21(17)24-19/h4-14H,1-3H3. The highest BCUT2D eigenvalue weighted by Gasteiger charge is 2.16. The topological polar surface area (TPSA) is 25.8 Å². The molecule has 118 valence electrons. The molecule has 0 saturated carbocycles. The molecular formula is C22H20N2. The van der Waals surface area contributed by atoms with Crippen LogP contribution in [0.15, 0.2) is 66.7 Å². The number of fused-ring (bicyclic) bond motifs is 3. The largest absolute Gasteiger partial charge is 0.250 e. The lowest BCUT2D eigenvalue weighted by atomic mass is 9.91. The highest BCUT2D eigenvalue weighted by molar-refractivity contribution is 6.03. The summed E-state index contributed by atoms with van der Waals surface area (Å²) in [6.07, 6.45) is 0. The minimum atomic E-state index is 0.0212. The second kappa shape index (κ2) is 5.41. The van der Waals surface area contributed by atoms with Crippen molar-refractivity contribution in [1.29, 1.82) is 0 Å². The highest BCUT2D eigenvalue weighted by atomic mass is 14.8. The molecule has 2 nitrogen and oxygen atoms in total. The quantitative estimate of drug-likeness (QED) is 0.418. The summed E-state index contributed by atoms with van der Waals surface area (Å²) in [7, 11) is 0. The number of hydrogen-bond acceptors (Lipinski definition) is 2. The van der Waals surface area contributed by atoms with E-state index in [-0.39, 0.29) is 5.41 Å². The van der Waals surface area contributed by atoms with Crippen LogP contribution in [0.4, 0.5) is 0 Å². The van der Waals surface area contributed by atoms with Crippen molar-refractivity contribution in [2.45, 2.75) is 26.2 Å². The Kier molecular flexibility index (Phi) is 3.34. The molecule has 0 aliphatic rings. The average Bonchev–Trinajstić information content (AvgIpc) is 2.60. The zero-order chi connectivity index (χ0) is 16.7. The molecule has 0 saturated heterocycles. The van der Waals surface area contributed by atoms with Gasteiger partial charge in [-0.1, -0.05) is 75.4 Å². The minimum absolute atomic E-state index is 0.0212. The minimum Gasteiger partial charge on any atom is -0.250 e. The Bertz CT molecular complexity index is 1030. The van der Waals surface area contributed by atoms with Crippen LogP contribution >= 0.6 is 0 Å². The van der Waals surface area contributed by atoms with E-state index in [2.05, 4.69) is 69.3 Å². The lowest BCUT2D eigenvalue weighted by Crippen LogP contribution is -2.13. The zero-order valence-corrected chi connectivity index (χ0v) is 14.2. The Morgan fingerprint density at radius 3 is 1.88 bits per heavy atom. The normalized spacial score (nSPS) is 12.0. The lowest BCUT2D eigenvalue weighted by Gasteiger charge is -2.18. The number of pyridine rings is 2. The first-order valence-corrected chi connectivity index (χ1v) is 8.29. The molecule has 0 aliphatic carbocycles. The molecule has 2 heteroatoms. The van der Waals surface area contributed by atoms with Gasteiger partial charge >= 0.3 is 0 Å². The van der Waals surface area contributed by atoms with E-state index in [0.717, 1.165) is 38.8 Å². The molecule has 0 N–H and O–H groups in total. The van der Waals surface area contributed by atoms with Crippen LogP contribution in [0.25, 0.3) is 33.1 Å². The molecule has 0 atom stereocenters. The van der Waals surface area contributed by atoms with Gasteiger partial charge in [0.15, 0.2) is 0 Å². The summed E-state index contributed by atoms with van der Waals surface area (Å²) in [4.78, 5) is 9.88. The van der Waals surface area contributed by atoms with Crippen LogP contribution in [0.5, 0.6) is 0 Å². The fourth-order valence-electron chi connectivity index (χ4n) is 2.96. The van der Waals surface area contributed by atoms with E-state index in [4.69, 9.17) is 9.97 Å². The van der Waals surface area contributed by atoms with Gasteiger partial charge < -0.3 is 0 Å². The van der Waals surface area contributed by atoms with Crippen LogP contribution in [-0.2, 0) is 5.41 Å². The highest BCUT2D eigenvalue weighted by Crippen LogP contribution is 2.28. The average molecular weight is 312 g/mol. The van der Waals surface area contributed by atoms with Gasteiger partial charge in [0.1, 0.15) is 0 Å². The Balaban J connectivity index is 2.01. The SMILES string of the molecule is CC(C)(C)c1ccc2ccc3ccc(-c4ccccc4)nc3c2n1. The summed E-state index contributed by atoms with van der Waals surface area (Å²) >= 11 is 0. The maximum Gasteiger partial charge on any atom is 0.0972 e. The Morgan fingerprint density at radius 2 is 1.21 bits per heavy atom. The van der Waals surface area contributed by atoms with Crippen molar-refractivity contribution >= 4 is 21.8 Å². The van der Waals surface area contributed by atoms with Crippen LogP contribution in [0, 0.1) is 0 Å². The monoisotopic (exact) mass is 312 g/mol. The van der Waals surface area contributed by atoms with E-state index in [1.54, 1.807) is 0 Å². The maximum atomic E-state index is 4.95. The first-order valence-electron chi connectivity index (χ1n) is 8.29. The van der Waals surface area contributed by atoms with Crippen LogP contribution in [0.3, 0.4) is 0 Å². The van der Waals surface area contributed by atoms with E-state index in [0.29, 0.717) is 0 Å². The zero-order valence-electron chi connectivity index (χ0n) is 14.2. The molecule has 4 rings (SSSR count). The molecule has 2 aromatic carbocycles. The summed E-state index contributed by atoms with van der Waals surface area (Å²) < 4.78 is 0. The van der Waals surface area contributed by atoms with Crippen LogP contribution < -0.4 is 0 Å². The van der Waals surface area contributed by atoms with Crippen molar-refractivity contribution in [2.75, 3.05) is 0 Å². The molecule has 2 aromatic heterocycles. The van der Waals surface area contributed by atoms with E-state index in [1.807, 2.05) is 18.2 Å². The number of benzene rings is 2. The molecule has 2 heterocycles. The van der Waals surface area contributed by atoms with Crippen LogP contribution in [0.1, 0.15) is 26.5 Å². The van der Waals surface area contributed by atoms with Gasteiger partial charge in [-0.15, -0.1) is 0 Å². The molecular weight excluding hydrogens is 292 g/mol. The van der Waals surface area contributed by atoms with Gasteiger partial charge in [-0.3, -0.25) is 0 Å². The van der Waals surface area contributed by atoms with Gasteiger partial charge in [0, 0.05) is 27.4 Å². The fraction of sp³-hybridized carbons (Fsp3) is 0.182. The number of rotatable bonds is 1. The van der Waals surface area contributed by atoms with Gasteiger partial charge in [0.25, 0.3) is 0 Å². The van der Waals surface area contributed by atoms with Gasteiger partial charge in [0.05, 0.1) is 16.7 Å². The number of hydrogen-bond donors (Lipinski definition) is 0. The summed E-state index contributed by atoms with van der Waals surface area (Å²) in [6.45, 7) is 6.57. The third-order valence-corrected chi connectivity index (χ3v) is 4.36. The molecule has 24 heavy (non-hydrogen) atoms. The predicted octanol–water partition coefficient (Wildman–Crippen LogP) is 5.75. The van der Waals surface area contributed by atoms with E-state index < -0.39 is 0 Å². The third kappa shape index (κ3) is 2.54. The van der Waals surface area contributed by atoms with Crippen molar-refractivity contribution < 1.29 is 0 Å². The molecule has 0 radical (unpaired) electrons. The summed E-state index contributed by atoms with van der Waals surface area (Å²) in [5, 5.41) is 2.26. The second-order valence-corrected chi connectivity index (χ2v) is 7.22. The molecule has 0 unspecified atom stereocenters. The van der Waals surface area contributed by atoms with Gasteiger partial charge in [-0.25, -0.2) is 9.97 Å². The Morgan fingerprint density at radius 1 is 0.625 bits per heavy atom. The van der Waals surface area contributed by atoms with Gasteiger partial charge in [-0.2, -0.15) is 0 Å². The molecule has 0 fully saturated rings. The van der Waals surface area contributed by atoms with E-state index in [9.17, 15) is 0 Å². The van der Waals surface area contributed by atoms with Gasteiger partial charge in [0.2, 0.25) is 0 Å². The smallest absolute Gasteiger partial charge is 0.0972 e. The molecule has 0 aliphatic heterocycles. The van der Waals surface area contributed by atoms with E-state index >= 15 is 0 Å². The van der Waals surface area contributed by atoms with Crippen molar-refractivity contribution in [2.24, 2.45) is 0 Å². The fourth-order valence-corrected chi connectivity index (χ4v) is 2.96. The molecule has 0 spiro atoms. The van der Waals surface area contributed by atoms with Crippen LogP contribution in [0.2, 0.25) is 0 Å². The number of nitrogens with zero attached hydrogens (tertiary/aromatic N) is 2.